The molecular formula is C13H14Cl2F3S+. The Bertz CT molecular complexity index is 594. The van der Waals surface area contributed by atoms with Crippen molar-refractivity contribution in [1.29, 1.82) is 0 Å². The first-order valence-electron chi connectivity index (χ1n) is 5.43. The van der Waals surface area contributed by atoms with Crippen molar-refractivity contribution in [3.63, 3.8) is 0 Å². The summed E-state index contributed by atoms with van der Waals surface area (Å²) in [5.74, 6) is 0. The maximum atomic E-state index is 13.3. The third-order valence-electron chi connectivity index (χ3n) is 2.67. The fourth-order valence-electron chi connectivity index (χ4n) is 1.89. The highest BCUT2D eigenvalue weighted by Gasteiger charge is 2.50. The molecular weight excluding hydrogens is 316 g/mol. The molecule has 2 aromatic rings. The highest BCUT2D eigenvalue weighted by atomic mass is 35.5. The molecule has 6 heteroatoms. The number of thiophene rings is 1. The van der Waals surface area contributed by atoms with E-state index in [1.165, 1.54) is 6.07 Å². The molecule has 0 aliphatic heterocycles. The van der Waals surface area contributed by atoms with Gasteiger partial charge in [0.25, 0.3) is 0 Å². The largest absolute Gasteiger partial charge is 0.600 e. The highest BCUT2D eigenvalue weighted by molar-refractivity contribution is 7.38. The van der Waals surface area contributed by atoms with Crippen LogP contribution in [0.2, 0.25) is 5.02 Å². The first-order chi connectivity index (χ1) is 8.10. The second-order valence-electron chi connectivity index (χ2n) is 5.19. The first kappa shape index (κ1) is 16.6. The van der Waals surface area contributed by atoms with Gasteiger partial charge in [-0.2, -0.15) is 0 Å². The Morgan fingerprint density at radius 3 is 2.11 bits per heavy atom. The lowest BCUT2D eigenvalue weighted by Crippen LogP contribution is -2.12. The van der Waals surface area contributed by atoms with Crippen LogP contribution in [0, 0.1) is 0 Å². The summed E-state index contributed by atoms with van der Waals surface area (Å²) in [5, 5.41) is 0.976. The predicted octanol–water partition coefficient (Wildman–Crippen LogP) is 6.44. The summed E-state index contributed by atoms with van der Waals surface area (Å²) >= 11 is 5.81. The van der Waals surface area contributed by atoms with Crippen molar-refractivity contribution < 1.29 is 13.2 Å². The quantitative estimate of drug-likeness (QED) is 0.488. The monoisotopic (exact) mass is 329 g/mol. The smallest absolute Gasteiger partial charge is 0.147 e. The van der Waals surface area contributed by atoms with Gasteiger partial charge in [-0.05, 0) is 12.1 Å². The summed E-state index contributed by atoms with van der Waals surface area (Å²) in [6, 6.07) is 6.37. The van der Waals surface area contributed by atoms with Crippen LogP contribution in [0.15, 0.2) is 24.3 Å². The number of hydrogen-bond donors (Lipinski definition) is 0. The molecule has 0 saturated heterocycles. The van der Waals surface area contributed by atoms with Crippen LogP contribution in [0.3, 0.4) is 0 Å². The molecule has 1 unspecified atom stereocenters. The van der Waals surface area contributed by atoms with Gasteiger partial charge in [0.2, 0.25) is 0 Å². The van der Waals surface area contributed by atoms with Crippen LogP contribution < -0.4 is 0 Å². The van der Waals surface area contributed by atoms with E-state index in [4.69, 9.17) is 11.6 Å². The van der Waals surface area contributed by atoms with E-state index in [-0.39, 0.29) is 12.4 Å². The molecule has 1 aromatic carbocycles. The van der Waals surface area contributed by atoms with Crippen molar-refractivity contribution in [1.82, 2.24) is 0 Å². The number of halogens is 5. The Balaban J connectivity index is 0.00000180. The molecule has 0 fully saturated rings. The zero-order chi connectivity index (χ0) is 13.7. The standard InChI is InChI=1S/C13H13ClF3S.ClH/c1-12(2,3)11-6-8-4-5-9(14)7-10(8)18(11)13(15,16)17;/h4-7H,1-3H3;1H/q+1;. The number of rotatable bonds is 0. The highest BCUT2D eigenvalue weighted by Crippen LogP contribution is 2.54. The first-order valence-corrected chi connectivity index (χ1v) is 7.04. The molecule has 1 heterocycles. The van der Waals surface area contributed by atoms with Crippen molar-refractivity contribution in [2.45, 2.75) is 31.7 Å². The van der Waals surface area contributed by atoms with Gasteiger partial charge in [-0.3, -0.25) is 0 Å². The molecule has 0 radical (unpaired) electrons. The number of benzene rings is 1. The SMILES string of the molecule is CC(C)(C)c1cc2ccc(Cl)cc2[s+]1C(F)(F)F.Cl. The van der Waals surface area contributed by atoms with Crippen LogP contribution in [0.25, 0.3) is 10.1 Å². The van der Waals surface area contributed by atoms with Gasteiger partial charge < -0.3 is 0 Å². The molecule has 0 aliphatic rings. The van der Waals surface area contributed by atoms with E-state index < -0.39 is 21.4 Å². The van der Waals surface area contributed by atoms with Crippen LogP contribution in [0.1, 0.15) is 25.6 Å². The Hall–Kier alpha value is -0.450. The van der Waals surface area contributed by atoms with Crippen LogP contribution in [0.4, 0.5) is 13.2 Å². The van der Waals surface area contributed by atoms with E-state index in [0.717, 1.165) is 0 Å². The van der Waals surface area contributed by atoms with Gasteiger partial charge in [-0.25, -0.2) is 0 Å². The van der Waals surface area contributed by atoms with Crippen molar-refractivity contribution >= 4 is 44.6 Å². The Kier molecular flexibility index (Phi) is 4.50. The fraction of sp³-hybridized carbons (Fsp3) is 0.385. The van der Waals surface area contributed by atoms with Gasteiger partial charge in [0, 0.05) is 28.0 Å². The van der Waals surface area contributed by atoms with Gasteiger partial charge in [0.15, 0.2) is 9.58 Å². The minimum Gasteiger partial charge on any atom is -0.147 e. The van der Waals surface area contributed by atoms with E-state index in [0.29, 0.717) is 20.0 Å². The predicted molar refractivity (Wildman–Crippen MR) is 78.7 cm³/mol. The van der Waals surface area contributed by atoms with Crippen LogP contribution in [0.5, 0.6) is 0 Å². The van der Waals surface area contributed by atoms with Gasteiger partial charge in [0.1, 0.15) is 0 Å². The van der Waals surface area contributed by atoms with Crippen molar-refractivity contribution in [3.05, 3.63) is 34.2 Å². The minimum absolute atomic E-state index is 0. The molecule has 0 bridgehead atoms. The number of alkyl halides is 3. The lowest BCUT2D eigenvalue weighted by Gasteiger charge is -2.13. The molecule has 0 spiro atoms. The molecule has 106 valence electrons. The zero-order valence-corrected chi connectivity index (χ0v) is 13.0. The number of fused-ring (bicyclic) bond motifs is 1. The Labute approximate surface area is 123 Å². The maximum absolute atomic E-state index is 13.3. The van der Waals surface area contributed by atoms with Crippen LogP contribution in [-0.2, 0) is 10.9 Å². The van der Waals surface area contributed by atoms with E-state index in [1.807, 2.05) is 0 Å². The maximum Gasteiger partial charge on any atom is 0.600 e. The molecule has 0 nitrogen and oxygen atoms in total. The third kappa shape index (κ3) is 3.18. The van der Waals surface area contributed by atoms with Crippen molar-refractivity contribution in [2.24, 2.45) is 0 Å². The molecule has 0 aliphatic carbocycles. The summed E-state index contributed by atoms with van der Waals surface area (Å²) in [5.41, 5.74) is -4.76. The molecule has 1 aromatic heterocycles. The molecule has 1 atom stereocenters. The Morgan fingerprint density at radius 1 is 1.05 bits per heavy atom. The second kappa shape index (κ2) is 5.15. The zero-order valence-electron chi connectivity index (χ0n) is 10.6. The number of hydrogen-bond acceptors (Lipinski definition) is 0. The molecule has 0 N–H and O–H groups in total. The fourth-order valence-corrected chi connectivity index (χ4v) is 4.33. The average molecular weight is 330 g/mol. The molecule has 0 amide bonds. The Morgan fingerprint density at radius 2 is 1.63 bits per heavy atom. The summed E-state index contributed by atoms with van der Waals surface area (Å²) < 4.78 is 40.1. The summed E-state index contributed by atoms with van der Waals surface area (Å²) in [6.45, 7) is 5.41. The third-order valence-corrected chi connectivity index (χ3v) is 5.33. The summed E-state index contributed by atoms with van der Waals surface area (Å²) in [7, 11) is -1.86. The lowest BCUT2D eigenvalue weighted by molar-refractivity contribution is -0.0869. The van der Waals surface area contributed by atoms with Crippen LogP contribution >= 0.6 is 34.5 Å². The molecule has 2 rings (SSSR count). The van der Waals surface area contributed by atoms with E-state index in [9.17, 15) is 13.2 Å². The lowest BCUT2D eigenvalue weighted by atomic mass is 9.94. The van der Waals surface area contributed by atoms with Gasteiger partial charge in [-0.1, -0.05) is 32.4 Å². The molecule has 19 heavy (non-hydrogen) atoms. The van der Waals surface area contributed by atoms with E-state index >= 15 is 0 Å². The van der Waals surface area contributed by atoms with Gasteiger partial charge in [-0.15, -0.1) is 25.6 Å². The molecule has 0 saturated carbocycles. The normalized spacial score (nSPS) is 13.5. The van der Waals surface area contributed by atoms with Crippen molar-refractivity contribution in [3.8, 4) is 0 Å². The average Bonchev–Trinajstić information content (AvgIpc) is 2.54. The summed E-state index contributed by atoms with van der Waals surface area (Å²) in [4.78, 5) is 0.423. The van der Waals surface area contributed by atoms with Gasteiger partial charge in [0.05, 0.1) is 10.5 Å². The topological polar surface area (TPSA) is 0 Å². The van der Waals surface area contributed by atoms with Gasteiger partial charge >= 0.3 is 5.51 Å². The summed E-state index contributed by atoms with van der Waals surface area (Å²) in [6.07, 6.45) is 0. The van der Waals surface area contributed by atoms with Crippen LogP contribution in [-0.4, -0.2) is 0 Å². The van der Waals surface area contributed by atoms with E-state index in [1.54, 1.807) is 39.0 Å². The van der Waals surface area contributed by atoms with E-state index in [2.05, 4.69) is 0 Å². The van der Waals surface area contributed by atoms with Crippen molar-refractivity contribution in [2.75, 3.05) is 0 Å². The minimum atomic E-state index is -4.25. The second-order valence-corrected chi connectivity index (χ2v) is 7.58.